The van der Waals surface area contributed by atoms with Crippen molar-refractivity contribution in [3.63, 3.8) is 0 Å². The summed E-state index contributed by atoms with van der Waals surface area (Å²) in [6.45, 7) is 0. The third-order valence-corrected chi connectivity index (χ3v) is 15.0. The van der Waals surface area contributed by atoms with Crippen molar-refractivity contribution in [1.82, 2.24) is 0 Å². The van der Waals surface area contributed by atoms with Gasteiger partial charge >= 0.3 is 32.3 Å². The fraction of sp³-hybridized carbons (Fsp3) is 0. The van der Waals surface area contributed by atoms with Crippen LogP contribution >= 0.6 is 0 Å². The third-order valence-electron chi connectivity index (χ3n) is 8.93. The first kappa shape index (κ1) is 44.5. The molecule has 0 radical (unpaired) electrons. The van der Waals surface area contributed by atoms with E-state index in [9.17, 15) is 43.3 Å². The number of carbonyl (C=O) groups excluding carboxylic acids is 2. The van der Waals surface area contributed by atoms with E-state index < -0.39 is 61.8 Å². The molecule has 64 heavy (non-hydrogen) atoms. The lowest BCUT2D eigenvalue weighted by atomic mass is 10.3. The van der Waals surface area contributed by atoms with Crippen LogP contribution in [0.4, 0.5) is 32.3 Å². The molecular formula is C44H34N4O12S4. The molecule has 0 spiro atoms. The number of carbonyl (C=O) groups is 2. The second-order valence-corrected chi connectivity index (χ2v) is 20.4. The van der Waals surface area contributed by atoms with E-state index in [0.29, 0.717) is 0 Å². The van der Waals surface area contributed by atoms with Crippen molar-refractivity contribution in [3.8, 4) is 11.5 Å². The minimum atomic E-state index is -4.65. The van der Waals surface area contributed by atoms with Crippen LogP contribution in [0.5, 0.6) is 11.5 Å². The number of rotatable bonds is 14. The number of anilines is 4. The molecule has 0 aliphatic rings. The number of benzene rings is 7. The first-order valence-corrected chi connectivity index (χ1v) is 24.4. The number of sulfone groups is 2. The lowest BCUT2D eigenvalue weighted by Gasteiger charge is -2.12. The Morgan fingerprint density at radius 2 is 0.625 bits per heavy atom. The van der Waals surface area contributed by atoms with Gasteiger partial charge in [0.05, 0.1) is 19.6 Å². The number of amides is 4. The van der Waals surface area contributed by atoms with Gasteiger partial charge in [-0.15, -0.1) is 0 Å². The van der Waals surface area contributed by atoms with E-state index in [4.69, 9.17) is 8.37 Å². The van der Waals surface area contributed by atoms with Gasteiger partial charge in [-0.2, -0.15) is 16.8 Å². The summed E-state index contributed by atoms with van der Waals surface area (Å²) in [6, 6.07) is 40.2. The Bertz CT molecular complexity index is 3080. The Hall–Kier alpha value is -7.52. The van der Waals surface area contributed by atoms with Gasteiger partial charge in [0.15, 0.2) is 0 Å². The van der Waals surface area contributed by atoms with Crippen molar-refractivity contribution >= 4 is 74.7 Å². The molecule has 0 saturated carbocycles. The highest BCUT2D eigenvalue weighted by Crippen LogP contribution is 2.28. The van der Waals surface area contributed by atoms with Gasteiger partial charge in [0, 0.05) is 34.9 Å². The molecule has 4 N–H and O–H groups in total. The van der Waals surface area contributed by atoms with Crippen LogP contribution in [0.25, 0.3) is 0 Å². The van der Waals surface area contributed by atoms with Gasteiger partial charge < -0.3 is 29.6 Å². The molecule has 0 heterocycles. The Kier molecular flexibility index (Phi) is 12.8. The molecule has 0 atom stereocenters. The topological polar surface area (TPSA) is 237 Å². The van der Waals surface area contributed by atoms with Crippen LogP contribution in [-0.2, 0) is 39.9 Å². The second-order valence-electron chi connectivity index (χ2n) is 13.4. The van der Waals surface area contributed by atoms with E-state index in [1.54, 1.807) is 36.4 Å². The smallest absolute Gasteiger partial charge is 0.339 e. The monoisotopic (exact) mass is 938 g/mol. The molecule has 7 aromatic carbocycles. The Labute approximate surface area is 368 Å². The van der Waals surface area contributed by atoms with Crippen molar-refractivity contribution in [2.24, 2.45) is 0 Å². The van der Waals surface area contributed by atoms with Gasteiger partial charge in [0.2, 0.25) is 19.7 Å². The molecule has 326 valence electrons. The first-order valence-electron chi connectivity index (χ1n) is 18.6. The number of hydrogen-bond acceptors (Lipinski definition) is 12. The molecule has 0 aliphatic heterocycles. The Balaban J connectivity index is 0.949. The van der Waals surface area contributed by atoms with E-state index in [-0.39, 0.29) is 53.8 Å². The molecule has 0 unspecified atom stereocenters. The van der Waals surface area contributed by atoms with E-state index in [0.717, 1.165) is 18.2 Å². The first-order chi connectivity index (χ1) is 30.5. The summed E-state index contributed by atoms with van der Waals surface area (Å²) in [5.74, 6) is -0.446. The zero-order valence-electron chi connectivity index (χ0n) is 32.9. The Morgan fingerprint density at radius 3 is 1.00 bits per heavy atom. The normalized spacial score (nSPS) is 11.8. The van der Waals surface area contributed by atoms with Gasteiger partial charge in [0.1, 0.15) is 21.3 Å². The molecule has 0 saturated heterocycles. The van der Waals surface area contributed by atoms with Crippen molar-refractivity contribution < 1.29 is 51.6 Å². The summed E-state index contributed by atoms with van der Waals surface area (Å²) < 4.78 is 115. The van der Waals surface area contributed by atoms with Crippen molar-refractivity contribution in [1.29, 1.82) is 0 Å². The lowest BCUT2D eigenvalue weighted by molar-refractivity contribution is 0.261. The highest BCUT2D eigenvalue weighted by atomic mass is 32.2. The average Bonchev–Trinajstić information content (AvgIpc) is 3.27. The standard InChI is InChI=1S/C44H34N4O12S4/c49-43(45-31-20-24-39(25-21-31)61(51,52)37-14-3-1-4-15-37)47-33-10-7-12-35(28-33)59-63(55,56)41-18-9-19-42(30-41)64(57,58)60-36-13-8-11-34(29-36)48-44(50)46-32-22-26-40(27-23-32)62(53,54)38-16-5-2-6-17-38/h1-30H,(H2,45,47,49)(H2,46,48,50). The molecule has 0 bridgehead atoms. The molecule has 0 fully saturated rings. The third kappa shape index (κ3) is 10.7. The average molecular weight is 939 g/mol. The van der Waals surface area contributed by atoms with Gasteiger partial charge in [-0.05, 0) is 115 Å². The SMILES string of the molecule is O=C(Nc1ccc(S(=O)(=O)c2ccccc2)cc1)Nc1cccc(OS(=O)(=O)c2cccc(S(=O)(=O)Oc3cccc(NC(=O)Nc4ccc(S(=O)(=O)c5ccccc5)cc4)c3)c2)c1. The second kappa shape index (κ2) is 18.4. The van der Waals surface area contributed by atoms with Crippen LogP contribution in [0, 0.1) is 0 Å². The highest BCUT2D eigenvalue weighted by molar-refractivity contribution is 7.92. The molecule has 0 aromatic heterocycles. The van der Waals surface area contributed by atoms with Crippen LogP contribution in [0.1, 0.15) is 0 Å². The van der Waals surface area contributed by atoms with Crippen molar-refractivity contribution in [2.45, 2.75) is 29.4 Å². The summed E-state index contributed by atoms with van der Waals surface area (Å²) in [4.78, 5) is 24.7. The van der Waals surface area contributed by atoms with Gasteiger partial charge in [-0.25, -0.2) is 26.4 Å². The zero-order chi connectivity index (χ0) is 45.5. The zero-order valence-corrected chi connectivity index (χ0v) is 36.1. The molecule has 4 amide bonds. The summed E-state index contributed by atoms with van der Waals surface area (Å²) >= 11 is 0. The lowest BCUT2D eigenvalue weighted by Crippen LogP contribution is -2.19. The fourth-order valence-corrected chi connectivity index (χ4v) is 10.5. The minimum Gasteiger partial charge on any atom is -0.379 e. The van der Waals surface area contributed by atoms with E-state index >= 15 is 0 Å². The molecule has 0 aliphatic carbocycles. The summed E-state index contributed by atoms with van der Waals surface area (Å²) in [7, 11) is -16.8. The number of nitrogens with one attached hydrogen (secondary N) is 4. The van der Waals surface area contributed by atoms with Crippen molar-refractivity contribution in [3.05, 3.63) is 182 Å². The Morgan fingerprint density at radius 1 is 0.312 bits per heavy atom. The highest BCUT2D eigenvalue weighted by Gasteiger charge is 2.24. The largest absolute Gasteiger partial charge is 0.379 e. The van der Waals surface area contributed by atoms with Crippen LogP contribution in [0.2, 0.25) is 0 Å². The van der Waals surface area contributed by atoms with Crippen molar-refractivity contribution in [2.75, 3.05) is 21.3 Å². The van der Waals surface area contributed by atoms with Gasteiger partial charge in [-0.1, -0.05) is 54.6 Å². The van der Waals surface area contributed by atoms with E-state index in [1.165, 1.54) is 127 Å². The van der Waals surface area contributed by atoms with Gasteiger partial charge in [0.25, 0.3) is 0 Å². The number of hydrogen-bond donors (Lipinski definition) is 4. The predicted molar refractivity (Wildman–Crippen MR) is 237 cm³/mol. The number of urea groups is 2. The van der Waals surface area contributed by atoms with Crippen LogP contribution in [-0.4, -0.2) is 45.7 Å². The molecular weight excluding hydrogens is 905 g/mol. The minimum absolute atomic E-state index is 0.0251. The molecule has 16 nitrogen and oxygen atoms in total. The summed E-state index contributed by atoms with van der Waals surface area (Å²) in [6.07, 6.45) is 0. The van der Waals surface area contributed by atoms with Gasteiger partial charge in [-0.3, -0.25) is 0 Å². The summed E-state index contributed by atoms with van der Waals surface area (Å²) in [5, 5.41) is 10.2. The molecule has 7 aromatic rings. The van der Waals surface area contributed by atoms with E-state index in [2.05, 4.69) is 21.3 Å². The predicted octanol–water partition coefficient (Wildman–Crippen LogP) is 8.18. The summed E-state index contributed by atoms with van der Waals surface area (Å²) in [5.41, 5.74) is 0.786. The quantitative estimate of drug-likeness (QED) is 0.0756. The van der Waals surface area contributed by atoms with Crippen LogP contribution in [0.3, 0.4) is 0 Å². The van der Waals surface area contributed by atoms with Crippen LogP contribution in [0.15, 0.2) is 211 Å². The van der Waals surface area contributed by atoms with Crippen LogP contribution < -0.4 is 29.6 Å². The maximum absolute atomic E-state index is 13.3. The van der Waals surface area contributed by atoms with E-state index in [1.807, 2.05) is 0 Å². The molecule has 7 rings (SSSR count). The maximum atomic E-state index is 13.3. The molecule has 20 heteroatoms. The maximum Gasteiger partial charge on any atom is 0.339 e. The fourth-order valence-electron chi connectivity index (χ4n) is 5.88.